The molecule has 9 nitrogen and oxygen atoms in total. The molecule has 9 heteroatoms. The Labute approximate surface area is 172 Å². The van der Waals surface area contributed by atoms with Gasteiger partial charge >= 0.3 is 0 Å². The summed E-state index contributed by atoms with van der Waals surface area (Å²) in [5.41, 5.74) is 1.47. The number of benzene rings is 2. The van der Waals surface area contributed by atoms with Gasteiger partial charge in [-0.25, -0.2) is 0 Å². The smallest absolute Gasteiger partial charge is 0.258 e. The van der Waals surface area contributed by atoms with Crippen molar-refractivity contribution in [1.82, 2.24) is 10.1 Å². The van der Waals surface area contributed by atoms with Crippen LogP contribution in [0.5, 0.6) is 23.0 Å². The monoisotopic (exact) mass is 409 g/mol. The predicted molar refractivity (Wildman–Crippen MR) is 105 cm³/mol. The number of ether oxygens (including phenoxy) is 4. The Morgan fingerprint density at radius 2 is 1.87 bits per heavy atom. The van der Waals surface area contributed by atoms with E-state index in [2.05, 4.69) is 10.1 Å². The summed E-state index contributed by atoms with van der Waals surface area (Å²) in [6.45, 7) is 0.651. The zero-order valence-electron chi connectivity index (χ0n) is 16.5. The van der Waals surface area contributed by atoms with E-state index in [0.717, 1.165) is 11.3 Å². The molecule has 0 saturated carbocycles. The van der Waals surface area contributed by atoms with Crippen molar-refractivity contribution in [3.63, 3.8) is 0 Å². The first-order valence-electron chi connectivity index (χ1n) is 9.42. The van der Waals surface area contributed by atoms with Gasteiger partial charge in [0, 0.05) is 36.2 Å². The number of amides is 1. The number of hydrogen-bond acceptors (Lipinski definition) is 8. The highest BCUT2D eigenvalue weighted by atomic mass is 16.7. The highest BCUT2D eigenvalue weighted by molar-refractivity contribution is 5.96. The lowest BCUT2D eigenvalue weighted by atomic mass is 10.1. The van der Waals surface area contributed by atoms with E-state index in [0.29, 0.717) is 47.7 Å². The predicted octanol–water partition coefficient (Wildman–Crippen LogP) is 3.00. The molecule has 1 atom stereocenters. The molecule has 2 aliphatic rings. The number of anilines is 1. The van der Waals surface area contributed by atoms with Crippen LogP contribution in [0.2, 0.25) is 0 Å². The molecular formula is C21H19N3O6. The topological polar surface area (TPSA) is 96.2 Å². The summed E-state index contributed by atoms with van der Waals surface area (Å²) in [5.74, 6) is 3.19. The van der Waals surface area contributed by atoms with Gasteiger partial charge in [0.05, 0.1) is 14.2 Å². The van der Waals surface area contributed by atoms with Crippen molar-refractivity contribution in [2.45, 2.75) is 12.3 Å². The van der Waals surface area contributed by atoms with Crippen LogP contribution < -0.4 is 23.8 Å². The second kappa shape index (κ2) is 7.25. The van der Waals surface area contributed by atoms with Crippen molar-refractivity contribution in [1.29, 1.82) is 0 Å². The van der Waals surface area contributed by atoms with Gasteiger partial charge in [0.25, 0.3) is 5.89 Å². The highest BCUT2D eigenvalue weighted by Gasteiger charge is 2.35. The summed E-state index contributed by atoms with van der Waals surface area (Å²) in [6.07, 6.45) is 0.300. The molecule has 1 fully saturated rings. The minimum Gasteiger partial charge on any atom is -0.493 e. The van der Waals surface area contributed by atoms with Crippen LogP contribution in [-0.2, 0) is 4.79 Å². The normalized spacial score (nSPS) is 17.5. The van der Waals surface area contributed by atoms with E-state index in [1.807, 2.05) is 12.1 Å². The fourth-order valence-electron chi connectivity index (χ4n) is 3.67. The Bertz CT molecular complexity index is 1110. The van der Waals surface area contributed by atoms with Crippen molar-refractivity contribution in [2.75, 3.05) is 32.5 Å². The molecule has 0 spiro atoms. The van der Waals surface area contributed by atoms with Gasteiger partial charge in [-0.1, -0.05) is 5.16 Å². The Hall–Kier alpha value is -3.75. The second-order valence-electron chi connectivity index (χ2n) is 6.97. The number of hydrogen-bond donors (Lipinski definition) is 0. The van der Waals surface area contributed by atoms with Crippen molar-refractivity contribution in [3.05, 3.63) is 42.2 Å². The third-order valence-electron chi connectivity index (χ3n) is 5.23. The third kappa shape index (κ3) is 3.08. The van der Waals surface area contributed by atoms with Crippen LogP contribution in [0.15, 0.2) is 40.9 Å². The lowest BCUT2D eigenvalue weighted by Crippen LogP contribution is -2.24. The van der Waals surface area contributed by atoms with Crippen molar-refractivity contribution in [2.24, 2.45) is 0 Å². The van der Waals surface area contributed by atoms with Gasteiger partial charge in [-0.15, -0.1) is 0 Å². The van der Waals surface area contributed by atoms with E-state index in [1.54, 1.807) is 43.4 Å². The number of carbonyl (C=O) groups is 1. The summed E-state index contributed by atoms with van der Waals surface area (Å²) in [7, 11) is 3.13. The maximum absolute atomic E-state index is 12.7. The van der Waals surface area contributed by atoms with E-state index in [-0.39, 0.29) is 18.6 Å². The number of carbonyl (C=O) groups excluding carboxylic acids is 1. The molecule has 0 aliphatic carbocycles. The fourth-order valence-corrected chi connectivity index (χ4v) is 3.67. The van der Waals surface area contributed by atoms with Crippen LogP contribution in [0.1, 0.15) is 18.2 Å². The molecule has 154 valence electrons. The van der Waals surface area contributed by atoms with Crippen LogP contribution in [0.4, 0.5) is 5.69 Å². The Kier molecular flexibility index (Phi) is 4.42. The molecule has 3 heterocycles. The van der Waals surface area contributed by atoms with Gasteiger partial charge in [-0.05, 0) is 30.3 Å². The average Bonchev–Trinajstić information content (AvgIpc) is 3.51. The van der Waals surface area contributed by atoms with E-state index >= 15 is 0 Å². The Balaban J connectivity index is 1.36. The molecular weight excluding hydrogens is 390 g/mol. The number of nitrogens with zero attached hydrogens (tertiary/aromatic N) is 3. The van der Waals surface area contributed by atoms with Gasteiger partial charge < -0.3 is 28.4 Å². The molecule has 3 aromatic rings. The van der Waals surface area contributed by atoms with Gasteiger partial charge in [-0.2, -0.15) is 4.98 Å². The zero-order chi connectivity index (χ0) is 20.7. The molecule has 0 N–H and O–H groups in total. The first-order chi connectivity index (χ1) is 14.7. The van der Waals surface area contributed by atoms with Gasteiger partial charge in [0.15, 0.2) is 28.8 Å². The van der Waals surface area contributed by atoms with E-state index < -0.39 is 0 Å². The molecule has 0 radical (unpaired) electrons. The molecule has 30 heavy (non-hydrogen) atoms. The molecule has 1 unspecified atom stereocenters. The van der Waals surface area contributed by atoms with E-state index in [9.17, 15) is 4.79 Å². The molecule has 1 saturated heterocycles. The summed E-state index contributed by atoms with van der Waals surface area (Å²) in [4.78, 5) is 18.9. The maximum Gasteiger partial charge on any atom is 0.258 e. The van der Waals surface area contributed by atoms with Crippen molar-refractivity contribution < 1.29 is 28.3 Å². The zero-order valence-corrected chi connectivity index (χ0v) is 16.5. The highest BCUT2D eigenvalue weighted by Crippen LogP contribution is 2.38. The molecule has 1 amide bonds. The number of rotatable bonds is 5. The number of fused-ring (bicyclic) bond motifs is 1. The van der Waals surface area contributed by atoms with Crippen molar-refractivity contribution >= 4 is 11.6 Å². The molecule has 2 aliphatic heterocycles. The second-order valence-corrected chi connectivity index (χ2v) is 6.97. The number of methoxy groups -OCH3 is 2. The van der Waals surface area contributed by atoms with Crippen LogP contribution in [0, 0.1) is 0 Å². The van der Waals surface area contributed by atoms with Gasteiger partial charge in [0.1, 0.15) is 0 Å². The quantitative estimate of drug-likeness (QED) is 0.635. The summed E-state index contributed by atoms with van der Waals surface area (Å²) >= 11 is 0. The minimum atomic E-state index is -0.169. The fraction of sp³-hybridized carbons (Fsp3) is 0.286. The molecule has 1 aromatic heterocycles. The van der Waals surface area contributed by atoms with Crippen molar-refractivity contribution in [3.8, 4) is 34.5 Å². The Morgan fingerprint density at radius 3 is 2.70 bits per heavy atom. The average molecular weight is 409 g/mol. The minimum absolute atomic E-state index is 0.0124. The van der Waals surface area contributed by atoms with Crippen LogP contribution in [0.3, 0.4) is 0 Å². The first-order valence-corrected chi connectivity index (χ1v) is 9.42. The summed E-state index contributed by atoms with van der Waals surface area (Å²) in [5, 5.41) is 4.11. The van der Waals surface area contributed by atoms with Crippen LogP contribution >= 0.6 is 0 Å². The lowest BCUT2D eigenvalue weighted by molar-refractivity contribution is -0.117. The summed E-state index contributed by atoms with van der Waals surface area (Å²) < 4.78 is 26.8. The largest absolute Gasteiger partial charge is 0.493 e. The van der Waals surface area contributed by atoms with Crippen LogP contribution in [-0.4, -0.2) is 43.6 Å². The lowest BCUT2D eigenvalue weighted by Gasteiger charge is -2.18. The van der Waals surface area contributed by atoms with Gasteiger partial charge in [0.2, 0.25) is 12.7 Å². The SMILES string of the molecule is COc1ccc(N2CC(c3noc(-c4ccc5c(c4)OCO5)n3)CC2=O)cc1OC. The maximum atomic E-state index is 12.7. The molecule has 5 rings (SSSR count). The molecule has 2 aromatic carbocycles. The Morgan fingerprint density at radius 1 is 1.03 bits per heavy atom. The first kappa shape index (κ1) is 18.3. The molecule has 0 bridgehead atoms. The summed E-state index contributed by atoms with van der Waals surface area (Å²) in [6, 6.07) is 10.8. The van der Waals surface area contributed by atoms with Gasteiger partial charge in [-0.3, -0.25) is 4.79 Å². The number of aromatic nitrogens is 2. The van der Waals surface area contributed by atoms with E-state index in [4.69, 9.17) is 23.5 Å². The standard InChI is InChI=1S/C21H19N3O6/c1-26-15-6-4-14(9-17(15)27-2)24-10-13(8-19(24)25)20-22-21(30-23-20)12-3-5-16-18(7-12)29-11-28-16/h3-7,9,13H,8,10-11H2,1-2H3. The third-order valence-corrected chi connectivity index (χ3v) is 5.23. The van der Waals surface area contributed by atoms with Crippen LogP contribution in [0.25, 0.3) is 11.5 Å². The van der Waals surface area contributed by atoms with E-state index in [1.165, 1.54) is 0 Å².